The van der Waals surface area contributed by atoms with E-state index in [1.54, 1.807) is 11.3 Å². The van der Waals surface area contributed by atoms with Crippen molar-refractivity contribution in [2.45, 2.75) is 43.9 Å². The van der Waals surface area contributed by atoms with Crippen LogP contribution >= 0.6 is 0 Å². The van der Waals surface area contributed by atoms with Gasteiger partial charge in [0.25, 0.3) is 0 Å². The SMILES string of the molecule is C1=CC2=C(CC1)N(c1ccc3c(c1)C1(Cc4ccccc4C1)c1cc(/C=C/c4ccc5cc(N6c7ccccc7C=Cc7ccccc76)ccc5c4)ccc1-3)CCC2. The summed E-state index contributed by atoms with van der Waals surface area (Å²) in [5.41, 5.74) is 21.6. The molecule has 278 valence electrons. The van der Waals surface area contributed by atoms with Crippen molar-refractivity contribution in [3.05, 3.63) is 214 Å². The Labute approximate surface area is 341 Å². The van der Waals surface area contributed by atoms with E-state index in [0.717, 1.165) is 37.9 Å². The molecule has 2 heterocycles. The lowest BCUT2D eigenvalue weighted by molar-refractivity contribution is 0.563. The van der Waals surface area contributed by atoms with Crippen LogP contribution in [-0.4, -0.2) is 6.54 Å². The van der Waals surface area contributed by atoms with Gasteiger partial charge in [-0.1, -0.05) is 140 Å². The second-order valence-corrected chi connectivity index (χ2v) is 16.8. The molecular formula is C56H44N2. The molecule has 0 radical (unpaired) electrons. The number of rotatable bonds is 4. The van der Waals surface area contributed by atoms with Crippen LogP contribution in [0, 0.1) is 0 Å². The molecule has 0 N–H and O–H groups in total. The van der Waals surface area contributed by atoms with Crippen LogP contribution in [0.5, 0.6) is 0 Å². The van der Waals surface area contributed by atoms with Crippen molar-refractivity contribution in [2.24, 2.45) is 0 Å². The molecule has 0 fully saturated rings. The van der Waals surface area contributed by atoms with Crippen LogP contribution < -0.4 is 9.80 Å². The summed E-state index contributed by atoms with van der Waals surface area (Å²) < 4.78 is 0. The number of hydrogen-bond donors (Lipinski definition) is 0. The van der Waals surface area contributed by atoms with Gasteiger partial charge in [0, 0.05) is 29.0 Å². The number of hydrogen-bond acceptors (Lipinski definition) is 2. The van der Waals surface area contributed by atoms with E-state index in [1.165, 1.54) is 96.3 Å². The van der Waals surface area contributed by atoms with Crippen molar-refractivity contribution in [1.82, 2.24) is 0 Å². The molecule has 1 spiro atoms. The summed E-state index contributed by atoms with van der Waals surface area (Å²) in [6, 6.07) is 54.9. The van der Waals surface area contributed by atoms with Crippen molar-refractivity contribution < 1.29 is 0 Å². The Kier molecular flexibility index (Phi) is 7.63. The van der Waals surface area contributed by atoms with Crippen molar-refractivity contribution in [1.29, 1.82) is 0 Å². The third-order valence-corrected chi connectivity index (χ3v) is 13.5. The first-order valence-electron chi connectivity index (χ1n) is 21.1. The highest BCUT2D eigenvalue weighted by atomic mass is 15.2. The van der Waals surface area contributed by atoms with Crippen molar-refractivity contribution in [3.8, 4) is 11.1 Å². The van der Waals surface area contributed by atoms with Crippen LogP contribution in [0.15, 0.2) is 169 Å². The summed E-state index contributed by atoms with van der Waals surface area (Å²) in [5, 5.41) is 2.47. The number of anilines is 4. The summed E-state index contributed by atoms with van der Waals surface area (Å²) in [6.45, 7) is 1.11. The highest BCUT2D eigenvalue weighted by Gasteiger charge is 2.47. The Morgan fingerprint density at radius 3 is 1.91 bits per heavy atom. The Morgan fingerprint density at radius 1 is 0.517 bits per heavy atom. The Morgan fingerprint density at radius 2 is 1.14 bits per heavy atom. The number of para-hydroxylation sites is 2. The highest BCUT2D eigenvalue weighted by Crippen LogP contribution is 2.56. The predicted octanol–water partition coefficient (Wildman–Crippen LogP) is 14.2. The fraction of sp³-hybridized carbons (Fsp3) is 0.143. The van der Waals surface area contributed by atoms with Crippen molar-refractivity contribution in [2.75, 3.05) is 16.3 Å². The van der Waals surface area contributed by atoms with E-state index in [4.69, 9.17) is 0 Å². The third-order valence-electron chi connectivity index (χ3n) is 13.5. The van der Waals surface area contributed by atoms with Gasteiger partial charge in [0.2, 0.25) is 0 Å². The van der Waals surface area contributed by atoms with Crippen LogP contribution in [0.25, 0.3) is 46.2 Å². The number of fused-ring (bicyclic) bond motifs is 9. The van der Waals surface area contributed by atoms with Gasteiger partial charge in [0.1, 0.15) is 0 Å². The van der Waals surface area contributed by atoms with Crippen LogP contribution in [0.3, 0.4) is 0 Å². The molecule has 0 unspecified atom stereocenters. The van der Waals surface area contributed by atoms with Gasteiger partial charge in [-0.25, -0.2) is 0 Å². The molecule has 58 heavy (non-hydrogen) atoms. The average molecular weight is 745 g/mol. The van der Waals surface area contributed by atoms with Crippen LogP contribution in [-0.2, 0) is 18.3 Å². The third kappa shape index (κ3) is 5.32. The lowest BCUT2D eigenvalue weighted by Gasteiger charge is -2.36. The summed E-state index contributed by atoms with van der Waals surface area (Å²) in [5.74, 6) is 0. The summed E-state index contributed by atoms with van der Waals surface area (Å²) >= 11 is 0. The Hall–Kier alpha value is -6.64. The van der Waals surface area contributed by atoms with Gasteiger partial charge in [-0.05, 0) is 153 Å². The molecule has 0 bridgehead atoms. The lowest BCUT2D eigenvalue weighted by atomic mass is 9.75. The molecule has 0 saturated heterocycles. The first-order chi connectivity index (χ1) is 28.7. The van der Waals surface area contributed by atoms with Gasteiger partial charge in [-0.2, -0.15) is 0 Å². The van der Waals surface area contributed by atoms with E-state index < -0.39 is 0 Å². The van der Waals surface area contributed by atoms with Crippen LogP contribution in [0.2, 0.25) is 0 Å². The van der Waals surface area contributed by atoms with E-state index in [-0.39, 0.29) is 5.41 Å². The number of allylic oxidation sites excluding steroid dienone is 4. The molecule has 3 aliphatic carbocycles. The molecule has 2 aliphatic heterocycles. The van der Waals surface area contributed by atoms with Gasteiger partial charge in [-0.15, -0.1) is 0 Å². The summed E-state index contributed by atoms with van der Waals surface area (Å²) in [4.78, 5) is 5.04. The molecule has 7 aromatic carbocycles. The van der Waals surface area contributed by atoms with Crippen molar-refractivity contribution in [3.63, 3.8) is 0 Å². The first-order valence-corrected chi connectivity index (χ1v) is 21.1. The largest absolute Gasteiger partial charge is 0.345 e. The standard InChI is InChI=1S/C56H44N2/c1-2-14-46-37-56(36-45(46)13-1)51-33-39(22-29-49(51)50-30-28-47(35-52(50)56)57-31-9-15-40-10-3-6-16-53(40)57)20-19-38-21-23-44-34-48(27-26-43(44)32-38)58-54-17-7-4-11-41(54)24-25-42-12-5-8-18-55(42)58/h1-5,7-8,10-14,17-30,32-35H,6,9,15-16,31,36-37H2/b20-19+. The second kappa shape index (κ2) is 13.2. The van der Waals surface area contributed by atoms with E-state index in [2.05, 4.69) is 192 Å². The van der Waals surface area contributed by atoms with E-state index in [9.17, 15) is 0 Å². The summed E-state index contributed by atoms with van der Waals surface area (Å²) in [7, 11) is 0. The normalized spacial score (nSPS) is 17.0. The average Bonchev–Trinajstić information content (AvgIpc) is 3.73. The Bertz CT molecular complexity index is 2880. The smallest absolute Gasteiger partial charge is 0.0534 e. The minimum atomic E-state index is -0.0567. The highest BCUT2D eigenvalue weighted by molar-refractivity contribution is 5.96. The van der Waals surface area contributed by atoms with Crippen LogP contribution in [0.1, 0.15) is 70.2 Å². The number of nitrogens with zero attached hydrogens (tertiary/aromatic N) is 2. The lowest BCUT2D eigenvalue weighted by Crippen LogP contribution is -2.30. The van der Waals surface area contributed by atoms with Crippen molar-refractivity contribution >= 4 is 57.8 Å². The molecule has 7 aromatic rings. The zero-order valence-corrected chi connectivity index (χ0v) is 32.7. The fourth-order valence-corrected chi connectivity index (χ4v) is 10.8. The molecule has 0 amide bonds. The zero-order valence-electron chi connectivity index (χ0n) is 32.7. The van der Waals surface area contributed by atoms with E-state index >= 15 is 0 Å². The van der Waals surface area contributed by atoms with Gasteiger partial charge >= 0.3 is 0 Å². The first kappa shape index (κ1) is 33.5. The maximum absolute atomic E-state index is 2.64. The molecule has 0 saturated carbocycles. The minimum absolute atomic E-state index is 0.0567. The Balaban J connectivity index is 0.882. The van der Waals surface area contributed by atoms with Gasteiger partial charge in [-0.3, -0.25) is 0 Å². The predicted molar refractivity (Wildman–Crippen MR) is 245 cm³/mol. The maximum atomic E-state index is 2.64. The molecule has 0 atom stereocenters. The van der Waals surface area contributed by atoms with Gasteiger partial charge < -0.3 is 9.80 Å². The monoisotopic (exact) mass is 744 g/mol. The maximum Gasteiger partial charge on any atom is 0.0534 e. The van der Waals surface area contributed by atoms with Crippen LogP contribution in [0.4, 0.5) is 22.7 Å². The van der Waals surface area contributed by atoms with E-state index in [1.807, 2.05) is 0 Å². The van der Waals surface area contributed by atoms with E-state index in [0.29, 0.717) is 0 Å². The second-order valence-electron chi connectivity index (χ2n) is 16.8. The molecule has 2 nitrogen and oxygen atoms in total. The van der Waals surface area contributed by atoms with Gasteiger partial charge in [0.05, 0.1) is 11.4 Å². The van der Waals surface area contributed by atoms with Gasteiger partial charge in [0.15, 0.2) is 0 Å². The molecular weight excluding hydrogens is 701 g/mol. The number of benzene rings is 7. The molecule has 12 rings (SSSR count). The summed E-state index contributed by atoms with van der Waals surface area (Å²) in [6.07, 6.45) is 20.6. The fourth-order valence-electron chi connectivity index (χ4n) is 10.8. The quantitative estimate of drug-likeness (QED) is 0.166. The zero-order chi connectivity index (χ0) is 38.2. The molecule has 2 heteroatoms. The minimum Gasteiger partial charge on any atom is -0.345 e. The molecule has 5 aliphatic rings. The topological polar surface area (TPSA) is 6.48 Å². The molecule has 0 aromatic heterocycles.